The number of hydrogen-bond acceptors (Lipinski definition) is 4. The largest absolute Gasteiger partial charge is 0.377 e. The third-order valence-electron chi connectivity index (χ3n) is 4.22. The fourth-order valence-electron chi connectivity index (χ4n) is 3.15. The molecule has 0 aromatic heterocycles. The number of hydrogen-bond donors (Lipinski definition) is 1. The highest BCUT2D eigenvalue weighted by Crippen LogP contribution is 2.35. The van der Waals surface area contributed by atoms with Crippen LogP contribution in [0.3, 0.4) is 0 Å². The van der Waals surface area contributed by atoms with Crippen LogP contribution >= 0.6 is 0 Å². The summed E-state index contributed by atoms with van der Waals surface area (Å²) in [5, 5.41) is 3.63. The van der Waals surface area contributed by atoms with E-state index >= 15 is 0 Å². The molecule has 0 amide bonds. The van der Waals surface area contributed by atoms with E-state index in [2.05, 4.69) is 5.32 Å². The van der Waals surface area contributed by atoms with Gasteiger partial charge >= 0.3 is 0 Å². The van der Waals surface area contributed by atoms with E-state index in [1.807, 2.05) is 0 Å². The molecule has 0 aromatic carbocycles. The van der Waals surface area contributed by atoms with Gasteiger partial charge in [-0.25, -0.2) is 0 Å². The van der Waals surface area contributed by atoms with Crippen LogP contribution in [0.4, 0.5) is 0 Å². The SMILES string of the molecule is C1COC(CNC2CCC3(CC2)OCCO3)C1. The maximum atomic E-state index is 5.73. The number of ether oxygens (including phenoxy) is 3. The molecule has 0 bridgehead atoms. The minimum atomic E-state index is -0.220. The summed E-state index contributed by atoms with van der Waals surface area (Å²) in [4.78, 5) is 0. The monoisotopic (exact) mass is 241 g/mol. The fraction of sp³-hybridized carbons (Fsp3) is 1.00. The Morgan fingerprint density at radius 2 is 1.76 bits per heavy atom. The van der Waals surface area contributed by atoms with Crippen LogP contribution in [0.2, 0.25) is 0 Å². The second-order valence-electron chi connectivity index (χ2n) is 5.43. The minimum absolute atomic E-state index is 0.220. The van der Waals surface area contributed by atoms with Gasteiger partial charge < -0.3 is 19.5 Å². The molecule has 4 heteroatoms. The summed E-state index contributed by atoms with van der Waals surface area (Å²) in [5.74, 6) is -0.220. The highest BCUT2D eigenvalue weighted by molar-refractivity contribution is 4.86. The number of rotatable bonds is 3. The van der Waals surface area contributed by atoms with Crippen molar-refractivity contribution in [3.63, 3.8) is 0 Å². The first-order chi connectivity index (χ1) is 8.36. The van der Waals surface area contributed by atoms with Gasteiger partial charge in [-0.15, -0.1) is 0 Å². The van der Waals surface area contributed by atoms with Crippen LogP contribution in [0.25, 0.3) is 0 Å². The van der Waals surface area contributed by atoms with Gasteiger partial charge in [0.1, 0.15) is 0 Å². The molecule has 0 radical (unpaired) electrons. The van der Waals surface area contributed by atoms with Gasteiger partial charge in [0.25, 0.3) is 0 Å². The van der Waals surface area contributed by atoms with Crippen LogP contribution in [-0.2, 0) is 14.2 Å². The zero-order valence-electron chi connectivity index (χ0n) is 10.5. The normalized spacial score (nSPS) is 33.5. The molecule has 4 nitrogen and oxygen atoms in total. The van der Waals surface area contributed by atoms with Crippen LogP contribution in [-0.4, -0.2) is 44.3 Å². The van der Waals surface area contributed by atoms with Crippen molar-refractivity contribution in [2.45, 2.75) is 56.5 Å². The van der Waals surface area contributed by atoms with Crippen LogP contribution in [0, 0.1) is 0 Å². The van der Waals surface area contributed by atoms with E-state index in [4.69, 9.17) is 14.2 Å². The van der Waals surface area contributed by atoms with Gasteiger partial charge in [0.15, 0.2) is 5.79 Å². The number of nitrogens with one attached hydrogen (secondary N) is 1. The lowest BCUT2D eigenvalue weighted by Crippen LogP contribution is -2.43. The smallest absolute Gasteiger partial charge is 0.168 e. The Bertz CT molecular complexity index is 234. The quantitative estimate of drug-likeness (QED) is 0.811. The minimum Gasteiger partial charge on any atom is -0.377 e. The first kappa shape index (κ1) is 11.9. The first-order valence-corrected chi connectivity index (χ1v) is 6.99. The standard InChI is InChI=1S/C13H23NO3/c1-2-12(15-7-1)10-14-11-3-5-13(6-4-11)16-8-9-17-13/h11-12,14H,1-10H2. The molecule has 2 heterocycles. The third-order valence-corrected chi connectivity index (χ3v) is 4.22. The Balaban J connectivity index is 1.39. The van der Waals surface area contributed by atoms with Crippen molar-refractivity contribution in [3.8, 4) is 0 Å². The Morgan fingerprint density at radius 1 is 1.00 bits per heavy atom. The van der Waals surface area contributed by atoms with E-state index in [1.54, 1.807) is 0 Å². The molecule has 1 aliphatic carbocycles. The second kappa shape index (κ2) is 5.22. The summed E-state index contributed by atoms with van der Waals surface area (Å²) in [6.07, 6.45) is 7.29. The molecular formula is C13H23NO3. The Labute approximate surface area is 103 Å². The second-order valence-corrected chi connectivity index (χ2v) is 5.43. The zero-order valence-corrected chi connectivity index (χ0v) is 10.5. The molecule has 2 saturated heterocycles. The van der Waals surface area contributed by atoms with E-state index in [-0.39, 0.29) is 5.79 Å². The van der Waals surface area contributed by atoms with Crippen LogP contribution in [0.1, 0.15) is 38.5 Å². The Hall–Kier alpha value is -0.160. The van der Waals surface area contributed by atoms with Gasteiger partial charge in [-0.2, -0.15) is 0 Å². The highest BCUT2D eigenvalue weighted by atomic mass is 16.7. The Kier molecular flexibility index (Phi) is 3.66. The molecule has 17 heavy (non-hydrogen) atoms. The van der Waals surface area contributed by atoms with Crippen molar-refractivity contribution in [3.05, 3.63) is 0 Å². The van der Waals surface area contributed by atoms with Gasteiger partial charge in [-0.3, -0.25) is 0 Å². The highest BCUT2D eigenvalue weighted by Gasteiger charge is 2.40. The summed E-state index contributed by atoms with van der Waals surface area (Å²) in [6, 6.07) is 0.623. The van der Waals surface area contributed by atoms with E-state index in [0.29, 0.717) is 12.1 Å². The lowest BCUT2D eigenvalue weighted by atomic mass is 9.90. The zero-order chi connectivity index (χ0) is 11.6. The van der Waals surface area contributed by atoms with Crippen molar-refractivity contribution in [2.75, 3.05) is 26.4 Å². The van der Waals surface area contributed by atoms with Gasteiger partial charge in [-0.1, -0.05) is 0 Å². The molecule has 98 valence electrons. The molecule has 3 fully saturated rings. The predicted octanol–water partition coefficient (Wildman–Crippen LogP) is 1.44. The average Bonchev–Trinajstić information content (AvgIpc) is 3.01. The maximum Gasteiger partial charge on any atom is 0.168 e. The molecule has 1 saturated carbocycles. The topological polar surface area (TPSA) is 39.7 Å². The maximum absolute atomic E-state index is 5.73. The van der Waals surface area contributed by atoms with E-state index in [0.717, 1.165) is 52.0 Å². The molecule has 1 unspecified atom stereocenters. The Morgan fingerprint density at radius 3 is 2.41 bits per heavy atom. The van der Waals surface area contributed by atoms with Crippen molar-refractivity contribution >= 4 is 0 Å². The molecular weight excluding hydrogens is 218 g/mol. The van der Waals surface area contributed by atoms with Crippen molar-refractivity contribution < 1.29 is 14.2 Å². The fourth-order valence-corrected chi connectivity index (χ4v) is 3.15. The summed E-state index contributed by atoms with van der Waals surface area (Å²) in [7, 11) is 0. The molecule has 3 aliphatic rings. The van der Waals surface area contributed by atoms with Crippen LogP contribution in [0.5, 0.6) is 0 Å². The third kappa shape index (κ3) is 2.81. The summed E-state index contributed by atoms with van der Waals surface area (Å²) < 4.78 is 17.1. The predicted molar refractivity (Wildman–Crippen MR) is 63.9 cm³/mol. The lowest BCUT2D eigenvalue weighted by Gasteiger charge is -2.36. The summed E-state index contributed by atoms with van der Waals surface area (Å²) >= 11 is 0. The summed E-state index contributed by atoms with van der Waals surface area (Å²) in [6.45, 7) is 3.50. The van der Waals surface area contributed by atoms with Crippen molar-refractivity contribution in [2.24, 2.45) is 0 Å². The van der Waals surface area contributed by atoms with Gasteiger partial charge in [-0.05, 0) is 25.7 Å². The van der Waals surface area contributed by atoms with E-state index in [9.17, 15) is 0 Å². The lowest BCUT2D eigenvalue weighted by molar-refractivity contribution is -0.179. The van der Waals surface area contributed by atoms with Gasteiger partial charge in [0.05, 0.1) is 19.3 Å². The van der Waals surface area contributed by atoms with Gasteiger partial charge in [0, 0.05) is 32.0 Å². The molecule has 2 aliphatic heterocycles. The molecule has 1 N–H and O–H groups in total. The van der Waals surface area contributed by atoms with Crippen molar-refractivity contribution in [1.82, 2.24) is 5.32 Å². The van der Waals surface area contributed by atoms with Gasteiger partial charge in [0.2, 0.25) is 0 Å². The molecule has 3 rings (SSSR count). The average molecular weight is 241 g/mol. The van der Waals surface area contributed by atoms with Crippen LogP contribution in [0.15, 0.2) is 0 Å². The summed E-state index contributed by atoms with van der Waals surface area (Å²) in [5.41, 5.74) is 0. The van der Waals surface area contributed by atoms with E-state index < -0.39 is 0 Å². The molecule has 0 aromatic rings. The van der Waals surface area contributed by atoms with E-state index in [1.165, 1.54) is 12.8 Å². The first-order valence-electron chi connectivity index (χ1n) is 6.99. The van der Waals surface area contributed by atoms with Crippen LogP contribution < -0.4 is 5.32 Å². The molecule has 1 atom stereocenters. The van der Waals surface area contributed by atoms with Crippen molar-refractivity contribution in [1.29, 1.82) is 0 Å². The molecule has 1 spiro atoms.